The second-order valence-corrected chi connectivity index (χ2v) is 6.39. The van der Waals surface area contributed by atoms with Crippen LogP contribution in [0, 0.1) is 5.92 Å². The molecule has 25 heavy (non-hydrogen) atoms. The summed E-state index contributed by atoms with van der Waals surface area (Å²) in [4.78, 5) is 36.7. The van der Waals surface area contributed by atoms with Gasteiger partial charge in [0, 0.05) is 11.6 Å². The monoisotopic (exact) mass is 366 g/mol. The summed E-state index contributed by atoms with van der Waals surface area (Å²) in [7, 11) is 0. The van der Waals surface area contributed by atoms with Gasteiger partial charge in [-0.3, -0.25) is 14.5 Å². The van der Waals surface area contributed by atoms with Gasteiger partial charge in [0.2, 0.25) is 5.91 Å². The molecule has 7 nitrogen and oxygen atoms in total. The van der Waals surface area contributed by atoms with Crippen LogP contribution >= 0.6 is 12.4 Å². The maximum absolute atomic E-state index is 12.4. The van der Waals surface area contributed by atoms with E-state index < -0.39 is 0 Å². The van der Waals surface area contributed by atoms with Crippen molar-refractivity contribution in [3.63, 3.8) is 0 Å². The third kappa shape index (κ3) is 4.49. The standard InChI is InChI=1S/C17H22N4O3.ClH/c1-11-8-18-7-6-14(11)20-16(23)13-4-2-12(3-5-13)10-21-15(22)9-19-17(21)24;/h2-5,11,14,18H,6-10H2,1H3,(H,19,24)(H,20,23);1H. The van der Waals surface area contributed by atoms with Gasteiger partial charge in [0.15, 0.2) is 0 Å². The Morgan fingerprint density at radius 2 is 2.00 bits per heavy atom. The molecule has 1 aromatic carbocycles. The van der Waals surface area contributed by atoms with E-state index in [0.717, 1.165) is 25.1 Å². The van der Waals surface area contributed by atoms with Crippen molar-refractivity contribution in [3.05, 3.63) is 35.4 Å². The first-order valence-electron chi connectivity index (χ1n) is 8.23. The number of carbonyl (C=O) groups is 3. The number of amides is 4. The predicted octanol–water partition coefficient (Wildman–Crippen LogP) is 0.888. The normalized spacial score (nSPS) is 23.0. The number of urea groups is 1. The maximum Gasteiger partial charge on any atom is 0.324 e. The van der Waals surface area contributed by atoms with E-state index in [-0.39, 0.29) is 49.4 Å². The lowest BCUT2D eigenvalue weighted by Crippen LogP contribution is -2.48. The van der Waals surface area contributed by atoms with Crippen LogP contribution in [-0.2, 0) is 11.3 Å². The van der Waals surface area contributed by atoms with E-state index in [9.17, 15) is 14.4 Å². The fraction of sp³-hybridized carbons (Fsp3) is 0.471. The Kier molecular flexibility index (Phi) is 6.39. The van der Waals surface area contributed by atoms with Gasteiger partial charge in [-0.25, -0.2) is 4.79 Å². The molecule has 8 heteroatoms. The van der Waals surface area contributed by atoms with Gasteiger partial charge in [-0.2, -0.15) is 0 Å². The highest BCUT2D eigenvalue weighted by molar-refractivity contribution is 6.01. The average molecular weight is 367 g/mol. The van der Waals surface area contributed by atoms with E-state index >= 15 is 0 Å². The first kappa shape index (κ1) is 19.2. The highest BCUT2D eigenvalue weighted by Gasteiger charge is 2.28. The summed E-state index contributed by atoms with van der Waals surface area (Å²) in [5.74, 6) is 0.0821. The molecule has 4 amide bonds. The molecule has 0 spiro atoms. The van der Waals surface area contributed by atoms with Gasteiger partial charge < -0.3 is 16.0 Å². The van der Waals surface area contributed by atoms with Gasteiger partial charge in [-0.05, 0) is 43.1 Å². The summed E-state index contributed by atoms with van der Waals surface area (Å²) < 4.78 is 0. The topological polar surface area (TPSA) is 90.5 Å². The summed E-state index contributed by atoms with van der Waals surface area (Å²) in [6.07, 6.45) is 0.928. The lowest BCUT2D eigenvalue weighted by molar-refractivity contribution is -0.125. The molecule has 2 aliphatic heterocycles. The number of halogens is 1. The Morgan fingerprint density at radius 3 is 2.60 bits per heavy atom. The number of imide groups is 1. The van der Waals surface area contributed by atoms with E-state index in [1.54, 1.807) is 24.3 Å². The van der Waals surface area contributed by atoms with Crippen LogP contribution in [0.15, 0.2) is 24.3 Å². The average Bonchev–Trinajstić information content (AvgIpc) is 2.89. The SMILES string of the molecule is CC1CNCCC1NC(=O)c1ccc(CN2C(=O)CNC2=O)cc1.Cl. The summed E-state index contributed by atoms with van der Waals surface area (Å²) in [5.41, 5.74) is 1.40. The number of piperidine rings is 1. The highest BCUT2D eigenvalue weighted by Crippen LogP contribution is 2.13. The van der Waals surface area contributed by atoms with Crippen molar-refractivity contribution >= 4 is 30.3 Å². The van der Waals surface area contributed by atoms with Crippen molar-refractivity contribution in [2.45, 2.75) is 25.9 Å². The van der Waals surface area contributed by atoms with Crippen molar-refractivity contribution in [2.24, 2.45) is 5.92 Å². The van der Waals surface area contributed by atoms with Crippen LogP contribution in [0.2, 0.25) is 0 Å². The molecule has 2 unspecified atom stereocenters. The van der Waals surface area contributed by atoms with Crippen LogP contribution in [-0.4, -0.2) is 48.4 Å². The molecule has 0 aliphatic carbocycles. The Bertz CT molecular complexity index is 634. The van der Waals surface area contributed by atoms with Gasteiger partial charge in [-0.1, -0.05) is 19.1 Å². The third-order valence-electron chi connectivity index (χ3n) is 4.60. The number of hydrogen-bond acceptors (Lipinski definition) is 4. The molecule has 0 bridgehead atoms. The fourth-order valence-electron chi connectivity index (χ4n) is 3.04. The quantitative estimate of drug-likeness (QED) is 0.690. The molecule has 0 aromatic heterocycles. The van der Waals surface area contributed by atoms with Crippen LogP contribution in [0.5, 0.6) is 0 Å². The number of benzene rings is 1. The van der Waals surface area contributed by atoms with Crippen LogP contribution < -0.4 is 16.0 Å². The molecule has 2 saturated heterocycles. The van der Waals surface area contributed by atoms with Crippen molar-refractivity contribution in [1.82, 2.24) is 20.9 Å². The largest absolute Gasteiger partial charge is 0.349 e. The number of carbonyl (C=O) groups excluding carboxylic acids is 3. The van der Waals surface area contributed by atoms with Crippen molar-refractivity contribution in [1.29, 1.82) is 0 Å². The van der Waals surface area contributed by atoms with Gasteiger partial charge >= 0.3 is 6.03 Å². The number of rotatable bonds is 4. The first-order chi connectivity index (χ1) is 11.5. The maximum atomic E-state index is 12.4. The molecule has 2 fully saturated rings. The molecule has 0 radical (unpaired) electrons. The molecular formula is C17H23ClN4O3. The molecule has 2 heterocycles. The lowest BCUT2D eigenvalue weighted by Gasteiger charge is -2.30. The molecule has 2 aliphatic rings. The lowest BCUT2D eigenvalue weighted by atomic mass is 9.95. The van der Waals surface area contributed by atoms with E-state index in [1.165, 1.54) is 4.90 Å². The molecule has 1 aromatic rings. The van der Waals surface area contributed by atoms with Crippen LogP contribution in [0.1, 0.15) is 29.3 Å². The molecule has 0 saturated carbocycles. The van der Waals surface area contributed by atoms with E-state index in [0.29, 0.717) is 11.5 Å². The Labute approximate surface area is 152 Å². The number of hydrogen-bond donors (Lipinski definition) is 3. The molecule has 136 valence electrons. The van der Waals surface area contributed by atoms with Crippen LogP contribution in [0.4, 0.5) is 4.79 Å². The van der Waals surface area contributed by atoms with Crippen LogP contribution in [0.25, 0.3) is 0 Å². The zero-order chi connectivity index (χ0) is 17.1. The van der Waals surface area contributed by atoms with Gasteiger partial charge in [0.1, 0.15) is 0 Å². The molecule has 3 N–H and O–H groups in total. The zero-order valence-electron chi connectivity index (χ0n) is 14.1. The minimum absolute atomic E-state index is 0. The van der Waals surface area contributed by atoms with Gasteiger partial charge in [0.25, 0.3) is 5.91 Å². The summed E-state index contributed by atoms with van der Waals surface area (Å²) in [6.45, 7) is 4.22. The van der Waals surface area contributed by atoms with Crippen molar-refractivity contribution < 1.29 is 14.4 Å². The zero-order valence-corrected chi connectivity index (χ0v) is 14.9. The number of nitrogens with one attached hydrogen (secondary N) is 3. The Hall–Kier alpha value is -2.12. The molecular weight excluding hydrogens is 344 g/mol. The second kappa shape index (κ2) is 8.31. The van der Waals surface area contributed by atoms with E-state index in [4.69, 9.17) is 0 Å². The minimum atomic E-state index is -0.373. The third-order valence-corrected chi connectivity index (χ3v) is 4.60. The second-order valence-electron chi connectivity index (χ2n) is 6.39. The van der Waals surface area contributed by atoms with Crippen LogP contribution in [0.3, 0.4) is 0 Å². The van der Waals surface area contributed by atoms with Gasteiger partial charge in [-0.15, -0.1) is 12.4 Å². The Morgan fingerprint density at radius 1 is 1.28 bits per heavy atom. The summed E-state index contributed by atoms with van der Waals surface area (Å²) >= 11 is 0. The predicted molar refractivity (Wildman–Crippen MR) is 95.5 cm³/mol. The summed E-state index contributed by atoms with van der Waals surface area (Å²) in [5, 5.41) is 8.88. The van der Waals surface area contributed by atoms with Crippen molar-refractivity contribution in [2.75, 3.05) is 19.6 Å². The minimum Gasteiger partial charge on any atom is -0.349 e. The number of nitrogens with zero attached hydrogens (tertiary/aromatic N) is 1. The highest BCUT2D eigenvalue weighted by atomic mass is 35.5. The smallest absolute Gasteiger partial charge is 0.324 e. The summed E-state index contributed by atoms with van der Waals surface area (Å²) in [6, 6.07) is 6.83. The molecule has 2 atom stereocenters. The first-order valence-corrected chi connectivity index (χ1v) is 8.23. The van der Waals surface area contributed by atoms with Gasteiger partial charge in [0.05, 0.1) is 13.1 Å². The van der Waals surface area contributed by atoms with E-state index in [2.05, 4.69) is 22.9 Å². The fourth-order valence-corrected chi connectivity index (χ4v) is 3.04. The Balaban J connectivity index is 0.00000225. The van der Waals surface area contributed by atoms with Crippen molar-refractivity contribution in [3.8, 4) is 0 Å². The van der Waals surface area contributed by atoms with E-state index in [1.807, 2.05) is 0 Å². The molecule has 3 rings (SSSR count).